The second kappa shape index (κ2) is 5.07. The minimum Gasteiger partial charge on any atom is -0.299 e. The first kappa shape index (κ1) is 13.0. The number of nitrogens with zero attached hydrogens (tertiary/aromatic N) is 2. The molecule has 0 aromatic carbocycles. The predicted molar refractivity (Wildman–Crippen MR) is 74.8 cm³/mol. The molecule has 94 valence electrons. The van der Waals surface area contributed by atoms with E-state index >= 15 is 0 Å². The van der Waals surface area contributed by atoms with Gasteiger partial charge in [0.05, 0.1) is 0 Å². The highest BCUT2D eigenvalue weighted by molar-refractivity contribution is 9.10. The number of hydrogen-bond donors (Lipinski definition) is 0. The van der Waals surface area contributed by atoms with Gasteiger partial charge in [0.2, 0.25) is 0 Å². The van der Waals surface area contributed by atoms with Crippen LogP contribution in [0.1, 0.15) is 32.8 Å². The summed E-state index contributed by atoms with van der Waals surface area (Å²) in [6, 6.07) is 2.16. The third-order valence-electron chi connectivity index (χ3n) is 3.66. The van der Waals surface area contributed by atoms with Crippen molar-refractivity contribution in [3.8, 4) is 0 Å². The maximum atomic E-state index is 4.22. The third-order valence-corrected chi connectivity index (χ3v) is 4.10. The fourth-order valence-electron chi connectivity index (χ4n) is 2.48. The molecule has 0 aliphatic carbocycles. The summed E-state index contributed by atoms with van der Waals surface area (Å²) >= 11 is 3.47. The number of hydrogen-bond acceptors (Lipinski definition) is 2. The Morgan fingerprint density at radius 1 is 1.41 bits per heavy atom. The molecule has 1 unspecified atom stereocenters. The molecule has 2 rings (SSSR count). The number of halogens is 1. The molecule has 0 radical (unpaired) electrons. The Balaban J connectivity index is 1.94. The lowest BCUT2D eigenvalue weighted by Gasteiger charge is -2.27. The largest absolute Gasteiger partial charge is 0.299 e. The second-order valence-electron chi connectivity index (χ2n) is 6.10. The van der Waals surface area contributed by atoms with Crippen LogP contribution in [0.25, 0.3) is 0 Å². The van der Waals surface area contributed by atoms with Crippen LogP contribution >= 0.6 is 15.9 Å². The van der Waals surface area contributed by atoms with Crippen molar-refractivity contribution in [2.75, 3.05) is 13.1 Å². The van der Waals surface area contributed by atoms with Crippen LogP contribution in [0.2, 0.25) is 0 Å². The molecule has 1 aliphatic heterocycles. The lowest BCUT2D eigenvalue weighted by molar-refractivity contribution is 0.226. The van der Waals surface area contributed by atoms with Crippen LogP contribution in [0.5, 0.6) is 0 Å². The Hall–Kier alpha value is -0.410. The fourth-order valence-corrected chi connectivity index (χ4v) is 2.90. The van der Waals surface area contributed by atoms with Crippen LogP contribution in [-0.2, 0) is 6.54 Å². The summed E-state index contributed by atoms with van der Waals surface area (Å²) in [6.07, 6.45) is 5.13. The summed E-state index contributed by atoms with van der Waals surface area (Å²) in [6.45, 7) is 10.5. The van der Waals surface area contributed by atoms with Crippen LogP contribution < -0.4 is 0 Å². The van der Waals surface area contributed by atoms with E-state index in [4.69, 9.17) is 0 Å². The van der Waals surface area contributed by atoms with Crippen molar-refractivity contribution in [1.29, 1.82) is 0 Å². The second-order valence-corrected chi connectivity index (χ2v) is 7.01. The minimum atomic E-state index is 0.435. The zero-order valence-corrected chi connectivity index (χ0v) is 12.5. The van der Waals surface area contributed by atoms with Crippen LogP contribution in [0.15, 0.2) is 22.9 Å². The molecule has 3 heteroatoms. The predicted octanol–water partition coefficient (Wildman–Crippen LogP) is 3.71. The fraction of sp³-hybridized carbons (Fsp3) is 0.643. The van der Waals surface area contributed by atoms with Crippen molar-refractivity contribution in [3.05, 3.63) is 28.5 Å². The number of rotatable bonds is 2. The van der Waals surface area contributed by atoms with Crippen LogP contribution in [0.3, 0.4) is 0 Å². The van der Waals surface area contributed by atoms with Gasteiger partial charge in [-0.25, -0.2) is 0 Å². The van der Waals surface area contributed by atoms with E-state index in [0.717, 1.165) is 16.9 Å². The molecule has 0 bridgehead atoms. The summed E-state index contributed by atoms with van der Waals surface area (Å²) < 4.78 is 1.07. The Labute approximate surface area is 113 Å². The molecular weight excluding hydrogens is 276 g/mol. The SMILES string of the molecule is CC(C)(C)C1CCN(Cc2cncc(Br)c2)C1. The summed E-state index contributed by atoms with van der Waals surface area (Å²) in [7, 11) is 0. The van der Waals surface area contributed by atoms with Crippen LogP contribution in [-0.4, -0.2) is 23.0 Å². The molecule has 1 fully saturated rings. The zero-order valence-electron chi connectivity index (χ0n) is 10.9. The van der Waals surface area contributed by atoms with E-state index in [0.29, 0.717) is 5.41 Å². The molecule has 0 amide bonds. The van der Waals surface area contributed by atoms with E-state index in [1.807, 2.05) is 12.4 Å². The van der Waals surface area contributed by atoms with Gasteiger partial charge >= 0.3 is 0 Å². The summed E-state index contributed by atoms with van der Waals surface area (Å²) in [5.74, 6) is 0.822. The van der Waals surface area contributed by atoms with Gasteiger partial charge in [-0.05, 0) is 51.9 Å². The molecule has 1 atom stereocenters. The molecule has 2 heterocycles. The van der Waals surface area contributed by atoms with E-state index in [-0.39, 0.29) is 0 Å². The molecule has 1 aliphatic rings. The van der Waals surface area contributed by atoms with Crippen molar-refractivity contribution in [2.45, 2.75) is 33.7 Å². The van der Waals surface area contributed by atoms with Crippen LogP contribution in [0.4, 0.5) is 0 Å². The van der Waals surface area contributed by atoms with Gasteiger partial charge in [-0.3, -0.25) is 9.88 Å². The Bertz CT molecular complexity index is 384. The third kappa shape index (κ3) is 3.52. The van der Waals surface area contributed by atoms with Crippen molar-refractivity contribution >= 4 is 15.9 Å². The van der Waals surface area contributed by atoms with E-state index < -0.39 is 0 Å². The number of aromatic nitrogens is 1. The quantitative estimate of drug-likeness (QED) is 0.827. The Morgan fingerprint density at radius 2 is 2.18 bits per heavy atom. The molecule has 17 heavy (non-hydrogen) atoms. The van der Waals surface area contributed by atoms with Gasteiger partial charge in [-0.2, -0.15) is 0 Å². The minimum absolute atomic E-state index is 0.435. The van der Waals surface area contributed by atoms with E-state index in [2.05, 4.69) is 52.7 Å². The monoisotopic (exact) mass is 296 g/mol. The molecule has 1 saturated heterocycles. The Kier molecular flexibility index (Phi) is 3.88. The molecule has 1 aromatic rings. The zero-order chi connectivity index (χ0) is 12.5. The van der Waals surface area contributed by atoms with Gasteiger partial charge in [0.25, 0.3) is 0 Å². The van der Waals surface area contributed by atoms with Crippen LogP contribution in [0, 0.1) is 11.3 Å². The highest BCUT2D eigenvalue weighted by Gasteiger charge is 2.31. The van der Waals surface area contributed by atoms with Crippen molar-refractivity contribution in [1.82, 2.24) is 9.88 Å². The molecule has 0 spiro atoms. The van der Waals surface area contributed by atoms with Crippen molar-refractivity contribution in [2.24, 2.45) is 11.3 Å². The molecule has 1 aromatic heterocycles. The van der Waals surface area contributed by atoms with Crippen molar-refractivity contribution in [3.63, 3.8) is 0 Å². The van der Waals surface area contributed by atoms with Gasteiger partial charge in [0.15, 0.2) is 0 Å². The lowest BCUT2D eigenvalue weighted by Crippen LogP contribution is -2.25. The lowest BCUT2D eigenvalue weighted by atomic mass is 9.80. The van der Waals surface area contributed by atoms with Gasteiger partial charge in [0.1, 0.15) is 0 Å². The summed E-state index contributed by atoms with van der Waals surface area (Å²) in [5.41, 5.74) is 1.73. The topological polar surface area (TPSA) is 16.1 Å². The molecule has 0 saturated carbocycles. The van der Waals surface area contributed by atoms with E-state index in [1.54, 1.807) is 0 Å². The van der Waals surface area contributed by atoms with Gasteiger partial charge in [0, 0.05) is 30.0 Å². The number of pyridine rings is 1. The average Bonchev–Trinajstić information content (AvgIpc) is 2.65. The number of likely N-dealkylation sites (tertiary alicyclic amines) is 1. The maximum Gasteiger partial charge on any atom is 0.0410 e. The summed E-state index contributed by atoms with van der Waals surface area (Å²) in [5, 5.41) is 0. The first-order valence-electron chi connectivity index (χ1n) is 6.27. The smallest absolute Gasteiger partial charge is 0.0410 e. The van der Waals surface area contributed by atoms with E-state index in [1.165, 1.54) is 25.1 Å². The highest BCUT2D eigenvalue weighted by Crippen LogP contribution is 2.34. The normalized spacial score (nSPS) is 22.0. The first-order valence-corrected chi connectivity index (χ1v) is 7.06. The standard InChI is InChI=1S/C14H21BrN2/c1-14(2,3)12-4-5-17(10-12)9-11-6-13(15)8-16-7-11/h6-8,12H,4-5,9-10H2,1-3H3. The molecular formula is C14H21BrN2. The summed E-state index contributed by atoms with van der Waals surface area (Å²) in [4.78, 5) is 6.76. The first-order chi connectivity index (χ1) is 7.95. The highest BCUT2D eigenvalue weighted by atomic mass is 79.9. The van der Waals surface area contributed by atoms with Crippen molar-refractivity contribution < 1.29 is 0 Å². The molecule has 2 nitrogen and oxygen atoms in total. The maximum absolute atomic E-state index is 4.22. The van der Waals surface area contributed by atoms with E-state index in [9.17, 15) is 0 Å². The average molecular weight is 297 g/mol. The van der Waals surface area contributed by atoms with Gasteiger partial charge in [-0.15, -0.1) is 0 Å². The molecule has 0 N–H and O–H groups in total. The Morgan fingerprint density at radius 3 is 2.76 bits per heavy atom. The van der Waals surface area contributed by atoms with Gasteiger partial charge < -0.3 is 0 Å². The van der Waals surface area contributed by atoms with Gasteiger partial charge in [-0.1, -0.05) is 20.8 Å².